The van der Waals surface area contributed by atoms with Crippen LogP contribution in [-0.4, -0.2) is 76.5 Å². The summed E-state index contributed by atoms with van der Waals surface area (Å²) in [5.74, 6) is 0.641. The second-order valence-corrected chi connectivity index (χ2v) is 9.84. The van der Waals surface area contributed by atoms with E-state index < -0.39 is 11.6 Å². The van der Waals surface area contributed by atoms with Crippen LogP contribution in [0.15, 0.2) is 24.3 Å². The van der Waals surface area contributed by atoms with Crippen LogP contribution in [0.25, 0.3) is 10.9 Å². The molecule has 10 nitrogen and oxygen atoms in total. The van der Waals surface area contributed by atoms with Gasteiger partial charge in [0.2, 0.25) is 0 Å². The Morgan fingerprint density at radius 2 is 1.87 bits per heavy atom. The average molecular weight is 525 g/mol. The van der Waals surface area contributed by atoms with E-state index in [9.17, 15) is 4.39 Å². The zero-order valence-corrected chi connectivity index (χ0v) is 21.4. The van der Waals surface area contributed by atoms with E-state index >= 15 is 4.39 Å². The Labute approximate surface area is 218 Å². The molecule has 0 atom stereocenters. The minimum atomic E-state index is -0.678. The maximum Gasteiger partial charge on any atom is 0.326 e. The third-order valence-corrected chi connectivity index (χ3v) is 6.97. The van der Waals surface area contributed by atoms with Crippen molar-refractivity contribution >= 4 is 28.4 Å². The number of piperazine rings is 1. The molecule has 38 heavy (non-hydrogen) atoms. The molecule has 200 valence electrons. The minimum absolute atomic E-state index is 0.0883. The number of benzene rings is 1. The molecule has 4 aromatic rings. The van der Waals surface area contributed by atoms with Gasteiger partial charge in [0.05, 0.1) is 12.1 Å². The van der Waals surface area contributed by atoms with Gasteiger partial charge in [-0.15, -0.1) is 0 Å². The Kier molecular flexibility index (Phi) is 6.58. The molecule has 0 unspecified atom stereocenters. The Morgan fingerprint density at radius 1 is 1.05 bits per heavy atom. The number of anilines is 3. The Morgan fingerprint density at radius 3 is 2.63 bits per heavy atom. The fourth-order valence-electron chi connectivity index (χ4n) is 4.75. The zero-order chi connectivity index (χ0) is 26.2. The number of rotatable bonds is 9. The van der Waals surface area contributed by atoms with Crippen molar-refractivity contribution in [3.63, 3.8) is 0 Å². The molecule has 1 aliphatic heterocycles. The van der Waals surface area contributed by atoms with Gasteiger partial charge in [0.15, 0.2) is 23.2 Å². The highest BCUT2D eigenvalue weighted by atomic mass is 19.1. The fraction of sp³-hybridized carbons (Fsp3) is 0.423. The Hall–Kier alpha value is -3.77. The predicted molar refractivity (Wildman–Crippen MR) is 139 cm³/mol. The zero-order valence-electron chi connectivity index (χ0n) is 21.4. The number of aromatic amines is 2. The number of hydrogen-bond acceptors (Lipinski definition) is 8. The normalized spacial score (nSPS) is 16.4. The number of fused-ring (bicyclic) bond motifs is 1. The van der Waals surface area contributed by atoms with E-state index in [1.165, 1.54) is 0 Å². The van der Waals surface area contributed by atoms with E-state index in [1.54, 1.807) is 20.1 Å². The Balaban J connectivity index is 1.29. The van der Waals surface area contributed by atoms with E-state index in [2.05, 4.69) is 40.3 Å². The van der Waals surface area contributed by atoms with Crippen molar-refractivity contribution in [3.05, 3.63) is 47.3 Å². The standard InChI is InChI=1S/C26H30F2N8O2/c1-15-11-17-24(28)20(12-18(27)25(17)29-15)38-26-31-21(30-22-13-19(33-34-22)16-3-4-16)14-23(32-26)36-7-5-35(6-8-36)9-10-37-2/h11-14,16,29H,3-10H2,1-2H3,(H2,30,31,32,33,34). The fourth-order valence-corrected chi connectivity index (χ4v) is 4.75. The van der Waals surface area contributed by atoms with Crippen molar-refractivity contribution in [2.24, 2.45) is 0 Å². The van der Waals surface area contributed by atoms with Crippen LogP contribution in [0, 0.1) is 18.6 Å². The maximum absolute atomic E-state index is 15.3. The number of halogens is 2. The lowest BCUT2D eigenvalue weighted by molar-refractivity contribution is 0.144. The van der Waals surface area contributed by atoms with Crippen LogP contribution in [0.1, 0.15) is 30.1 Å². The summed E-state index contributed by atoms with van der Waals surface area (Å²) < 4.78 is 40.9. The molecule has 2 aliphatic rings. The highest BCUT2D eigenvalue weighted by molar-refractivity contribution is 5.83. The van der Waals surface area contributed by atoms with Crippen molar-refractivity contribution in [1.29, 1.82) is 0 Å². The molecule has 1 saturated carbocycles. The summed E-state index contributed by atoms with van der Waals surface area (Å²) in [5.41, 5.74) is 1.83. The highest BCUT2D eigenvalue weighted by Gasteiger charge is 2.26. The summed E-state index contributed by atoms with van der Waals surface area (Å²) in [5, 5.41) is 10.7. The summed E-state index contributed by atoms with van der Waals surface area (Å²) >= 11 is 0. The molecule has 3 N–H and O–H groups in total. The van der Waals surface area contributed by atoms with Crippen LogP contribution in [0.2, 0.25) is 0 Å². The summed E-state index contributed by atoms with van der Waals surface area (Å²) in [6.45, 7) is 6.46. The van der Waals surface area contributed by atoms with Gasteiger partial charge in [-0.2, -0.15) is 15.1 Å². The van der Waals surface area contributed by atoms with Crippen LogP contribution < -0.4 is 15.0 Å². The molecule has 1 saturated heterocycles. The topological polar surface area (TPSA) is 107 Å². The molecule has 3 aromatic heterocycles. The number of aryl methyl sites for hydroxylation is 1. The third-order valence-electron chi connectivity index (χ3n) is 6.97. The van der Waals surface area contributed by atoms with Crippen molar-refractivity contribution < 1.29 is 18.3 Å². The first-order valence-corrected chi connectivity index (χ1v) is 12.8. The second-order valence-electron chi connectivity index (χ2n) is 9.84. The number of nitrogens with one attached hydrogen (secondary N) is 3. The van der Waals surface area contributed by atoms with E-state index in [-0.39, 0.29) is 22.7 Å². The number of aromatic nitrogens is 5. The van der Waals surface area contributed by atoms with E-state index in [4.69, 9.17) is 9.47 Å². The molecular formula is C26H30F2N8O2. The number of nitrogens with zero attached hydrogens (tertiary/aromatic N) is 5. The molecule has 4 heterocycles. The monoisotopic (exact) mass is 524 g/mol. The third kappa shape index (κ3) is 5.14. The second kappa shape index (κ2) is 10.2. The number of H-pyrrole nitrogens is 2. The van der Waals surface area contributed by atoms with Gasteiger partial charge in [-0.25, -0.2) is 8.78 Å². The summed E-state index contributed by atoms with van der Waals surface area (Å²) in [6, 6.07) is 6.25. The van der Waals surface area contributed by atoms with Crippen LogP contribution in [0.4, 0.5) is 26.2 Å². The molecule has 0 radical (unpaired) electrons. The molecule has 1 aliphatic carbocycles. The van der Waals surface area contributed by atoms with Crippen molar-refractivity contribution in [1.82, 2.24) is 30.0 Å². The van der Waals surface area contributed by atoms with Crippen LogP contribution in [0.3, 0.4) is 0 Å². The molecule has 0 spiro atoms. The first kappa shape index (κ1) is 24.6. The molecule has 2 fully saturated rings. The van der Waals surface area contributed by atoms with E-state index in [0.29, 0.717) is 35.7 Å². The SMILES string of the molecule is COCCN1CCN(c2cc(Nc3cc(C4CC4)[nH]n3)nc(Oc3cc(F)c4[nH]c(C)cc4c3F)n2)CC1. The summed E-state index contributed by atoms with van der Waals surface area (Å²) in [4.78, 5) is 16.3. The molecule has 12 heteroatoms. The van der Waals surface area contributed by atoms with Crippen LogP contribution in [0.5, 0.6) is 11.8 Å². The number of methoxy groups -OCH3 is 1. The maximum atomic E-state index is 15.3. The van der Waals surface area contributed by atoms with Gasteiger partial charge in [-0.1, -0.05) is 0 Å². The average Bonchev–Trinajstić information content (AvgIpc) is 3.53. The van der Waals surface area contributed by atoms with Gasteiger partial charge in [-0.05, 0) is 25.8 Å². The molecule has 6 rings (SSSR count). The predicted octanol–water partition coefficient (Wildman–Crippen LogP) is 4.45. The summed E-state index contributed by atoms with van der Waals surface area (Å²) in [7, 11) is 1.70. The van der Waals surface area contributed by atoms with Gasteiger partial charge in [-0.3, -0.25) is 10.00 Å². The summed E-state index contributed by atoms with van der Waals surface area (Å²) in [6.07, 6.45) is 2.31. The van der Waals surface area contributed by atoms with Gasteiger partial charge < -0.3 is 24.7 Å². The Bertz CT molecular complexity index is 1440. The van der Waals surface area contributed by atoms with E-state index in [1.807, 2.05) is 12.1 Å². The van der Waals surface area contributed by atoms with Gasteiger partial charge in [0, 0.05) is 80.7 Å². The lowest BCUT2D eigenvalue weighted by Crippen LogP contribution is -2.47. The lowest BCUT2D eigenvalue weighted by atomic mass is 10.2. The quantitative estimate of drug-likeness (QED) is 0.295. The highest BCUT2D eigenvalue weighted by Crippen LogP contribution is 2.40. The van der Waals surface area contributed by atoms with Crippen molar-refractivity contribution in [2.75, 3.05) is 56.7 Å². The number of ether oxygens (including phenoxy) is 2. The minimum Gasteiger partial charge on any atom is -0.421 e. The van der Waals surface area contributed by atoms with Crippen LogP contribution >= 0.6 is 0 Å². The van der Waals surface area contributed by atoms with Crippen LogP contribution in [-0.2, 0) is 4.74 Å². The smallest absolute Gasteiger partial charge is 0.326 e. The molecule has 0 bridgehead atoms. The van der Waals surface area contributed by atoms with E-state index in [0.717, 1.165) is 57.3 Å². The van der Waals surface area contributed by atoms with Crippen molar-refractivity contribution in [3.8, 4) is 11.8 Å². The van der Waals surface area contributed by atoms with Gasteiger partial charge in [0.1, 0.15) is 11.6 Å². The van der Waals surface area contributed by atoms with Gasteiger partial charge in [0.25, 0.3) is 0 Å². The lowest BCUT2D eigenvalue weighted by Gasteiger charge is -2.35. The first-order chi connectivity index (χ1) is 18.5. The molecule has 1 aromatic carbocycles. The molecule has 0 amide bonds. The van der Waals surface area contributed by atoms with Crippen molar-refractivity contribution in [2.45, 2.75) is 25.7 Å². The first-order valence-electron chi connectivity index (χ1n) is 12.8. The largest absolute Gasteiger partial charge is 0.421 e. The molecular weight excluding hydrogens is 494 g/mol. The van der Waals surface area contributed by atoms with Gasteiger partial charge >= 0.3 is 6.01 Å². The number of hydrogen-bond donors (Lipinski definition) is 3.